The second-order valence-electron chi connectivity index (χ2n) is 8.46. The van der Waals surface area contributed by atoms with Gasteiger partial charge in [-0.3, -0.25) is 9.89 Å². The van der Waals surface area contributed by atoms with Crippen LogP contribution in [0.1, 0.15) is 12.8 Å². The van der Waals surface area contributed by atoms with Gasteiger partial charge in [-0.25, -0.2) is 9.97 Å². The highest BCUT2D eigenvalue weighted by atomic mass is 35.5. The predicted molar refractivity (Wildman–Crippen MR) is 122 cm³/mol. The number of carbonyl (C=O) groups is 1. The zero-order valence-electron chi connectivity index (χ0n) is 17.7. The highest BCUT2D eigenvalue weighted by molar-refractivity contribution is 6.35. The molecule has 0 saturated carbocycles. The number of hydrogen-bond donors (Lipinski definition) is 2. The number of H-pyrrole nitrogens is 1. The Kier molecular flexibility index (Phi) is 5.93. The number of nitrogens with one attached hydrogen (secondary N) is 2. The van der Waals surface area contributed by atoms with Gasteiger partial charge in [-0.2, -0.15) is 18.3 Å². The Morgan fingerprint density at radius 3 is 2.59 bits per heavy atom. The second kappa shape index (κ2) is 8.77. The van der Waals surface area contributed by atoms with Gasteiger partial charge in [0.15, 0.2) is 5.65 Å². The maximum Gasteiger partial charge on any atom is 0.393 e. The Labute approximate surface area is 202 Å². The normalized spacial score (nSPS) is 23.7. The highest BCUT2D eigenvalue weighted by Crippen LogP contribution is 2.40. The third-order valence-corrected chi connectivity index (χ3v) is 6.81. The SMILES string of the molecule is O=C1[C@@H](Nc2cc(Cl)cc(Cl)c2)CCN1[C@@H]1CN(c2ncnc3[nH]ncc23)CC[C@H]1C(F)(F)F. The summed E-state index contributed by atoms with van der Waals surface area (Å²) >= 11 is 12.1. The third-order valence-electron chi connectivity index (χ3n) is 6.37. The molecule has 0 aliphatic carbocycles. The lowest BCUT2D eigenvalue weighted by molar-refractivity contribution is -0.195. The maximum atomic E-state index is 14.0. The number of piperidine rings is 1. The number of aromatic amines is 1. The minimum Gasteiger partial charge on any atom is -0.374 e. The molecule has 2 aliphatic rings. The summed E-state index contributed by atoms with van der Waals surface area (Å²) in [5.41, 5.74) is 1.04. The van der Waals surface area contributed by atoms with E-state index >= 15 is 0 Å². The number of benzene rings is 1. The molecule has 8 nitrogen and oxygen atoms in total. The molecule has 1 amide bonds. The first-order valence-electron chi connectivity index (χ1n) is 10.7. The van der Waals surface area contributed by atoms with Crippen LogP contribution < -0.4 is 10.2 Å². The van der Waals surface area contributed by atoms with Crippen LogP contribution in [-0.4, -0.2) is 68.9 Å². The van der Waals surface area contributed by atoms with Crippen LogP contribution in [0.2, 0.25) is 10.0 Å². The van der Waals surface area contributed by atoms with E-state index in [9.17, 15) is 18.0 Å². The highest BCUT2D eigenvalue weighted by Gasteiger charge is 2.52. The number of likely N-dealkylation sites (tertiary alicyclic amines) is 1. The lowest BCUT2D eigenvalue weighted by Crippen LogP contribution is -2.58. The van der Waals surface area contributed by atoms with Crippen LogP contribution in [0.4, 0.5) is 24.7 Å². The Balaban J connectivity index is 1.39. The molecule has 2 aliphatic heterocycles. The zero-order valence-corrected chi connectivity index (χ0v) is 19.2. The van der Waals surface area contributed by atoms with E-state index in [4.69, 9.17) is 23.2 Å². The van der Waals surface area contributed by atoms with E-state index in [-0.39, 0.29) is 32.0 Å². The quantitative estimate of drug-likeness (QED) is 0.545. The maximum absolute atomic E-state index is 14.0. The topological polar surface area (TPSA) is 90.0 Å². The first-order chi connectivity index (χ1) is 16.2. The Morgan fingerprint density at radius 1 is 1.09 bits per heavy atom. The van der Waals surface area contributed by atoms with Crippen LogP contribution in [0.15, 0.2) is 30.7 Å². The van der Waals surface area contributed by atoms with Crippen LogP contribution in [0, 0.1) is 5.92 Å². The number of carbonyl (C=O) groups excluding carboxylic acids is 1. The number of aromatic nitrogens is 4. The average molecular weight is 514 g/mol. The fourth-order valence-electron chi connectivity index (χ4n) is 4.83. The van der Waals surface area contributed by atoms with Crippen molar-refractivity contribution in [2.75, 3.05) is 29.9 Å². The molecule has 3 aromatic rings. The summed E-state index contributed by atoms with van der Waals surface area (Å²) in [5, 5.41) is 11.2. The van der Waals surface area contributed by atoms with Crippen molar-refractivity contribution in [1.29, 1.82) is 0 Å². The first kappa shape index (κ1) is 23.0. The van der Waals surface area contributed by atoms with E-state index in [2.05, 4.69) is 25.5 Å². The number of rotatable bonds is 4. The van der Waals surface area contributed by atoms with E-state index in [1.54, 1.807) is 29.3 Å². The van der Waals surface area contributed by atoms with Crippen molar-refractivity contribution < 1.29 is 18.0 Å². The summed E-state index contributed by atoms with van der Waals surface area (Å²) in [6.07, 6.45) is -1.32. The monoisotopic (exact) mass is 513 g/mol. The molecule has 5 rings (SSSR count). The molecule has 13 heteroatoms. The standard InChI is InChI=1S/C21H20Cl2F3N7O/c22-11-5-12(23)7-13(6-11)30-16-2-4-33(20(16)34)17-9-32(3-1-15(17)21(24,25)26)19-14-8-29-31-18(14)27-10-28-19/h5-8,10,15-17,30H,1-4,9H2,(H,27,28,29,31)/t15-,16+,17-/m1/s1. The van der Waals surface area contributed by atoms with Crippen molar-refractivity contribution in [2.45, 2.75) is 31.1 Å². The number of hydrogen-bond acceptors (Lipinski definition) is 6. The lowest BCUT2D eigenvalue weighted by Gasteiger charge is -2.43. The van der Waals surface area contributed by atoms with Gasteiger partial charge in [-0.1, -0.05) is 23.2 Å². The molecular formula is C21H20Cl2F3N7O. The molecule has 3 atom stereocenters. The Hall–Kier alpha value is -2.79. The number of nitrogens with zero attached hydrogens (tertiary/aromatic N) is 5. The molecule has 2 aromatic heterocycles. The van der Waals surface area contributed by atoms with Crippen LogP contribution >= 0.6 is 23.2 Å². The minimum atomic E-state index is -4.43. The summed E-state index contributed by atoms with van der Waals surface area (Å²) in [6.45, 7) is 0.367. The first-order valence-corrected chi connectivity index (χ1v) is 11.4. The molecule has 1 aromatic carbocycles. The van der Waals surface area contributed by atoms with Crippen LogP contribution in [0.3, 0.4) is 0 Å². The van der Waals surface area contributed by atoms with Gasteiger partial charge in [-0.05, 0) is 31.0 Å². The van der Waals surface area contributed by atoms with E-state index in [1.807, 2.05) is 0 Å². The van der Waals surface area contributed by atoms with Crippen LogP contribution in [-0.2, 0) is 4.79 Å². The van der Waals surface area contributed by atoms with Gasteiger partial charge in [0.1, 0.15) is 18.2 Å². The largest absolute Gasteiger partial charge is 0.393 e. The van der Waals surface area contributed by atoms with Crippen molar-refractivity contribution in [3.8, 4) is 0 Å². The number of fused-ring (bicyclic) bond motifs is 1. The van der Waals surface area contributed by atoms with Gasteiger partial charge in [0.25, 0.3) is 0 Å². The fraction of sp³-hybridized carbons (Fsp3) is 0.429. The summed E-state index contributed by atoms with van der Waals surface area (Å²) in [7, 11) is 0. The van der Waals surface area contributed by atoms with E-state index in [1.165, 1.54) is 11.2 Å². The second-order valence-corrected chi connectivity index (χ2v) is 9.33. The minimum absolute atomic E-state index is 0.00290. The third kappa shape index (κ3) is 4.34. The van der Waals surface area contributed by atoms with Gasteiger partial charge >= 0.3 is 6.18 Å². The lowest BCUT2D eigenvalue weighted by atomic mass is 9.89. The van der Waals surface area contributed by atoms with Crippen molar-refractivity contribution in [2.24, 2.45) is 5.92 Å². The molecule has 0 spiro atoms. The summed E-state index contributed by atoms with van der Waals surface area (Å²) in [6, 6.07) is 3.09. The predicted octanol–water partition coefficient (Wildman–Crippen LogP) is 4.13. The number of anilines is 2. The van der Waals surface area contributed by atoms with Crippen LogP contribution in [0.25, 0.3) is 11.0 Å². The molecule has 180 valence electrons. The number of halogens is 5. The van der Waals surface area contributed by atoms with E-state index in [0.717, 1.165) is 0 Å². The Morgan fingerprint density at radius 2 is 1.85 bits per heavy atom. The van der Waals surface area contributed by atoms with E-state index < -0.39 is 24.2 Å². The molecule has 0 bridgehead atoms. The van der Waals surface area contributed by atoms with Gasteiger partial charge in [0.2, 0.25) is 5.91 Å². The number of amides is 1. The van der Waals surface area contributed by atoms with Gasteiger partial charge in [-0.15, -0.1) is 0 Å². The van der Waals surface area contributed by atoms with Gasteiger partial charge in [0.05, 0.1) is 23.5 Å². The van der Waals surface area contributed by atoms with Crippen molar-refractivity contribution in [3.05, 3.63) is 40.8 Å². The number of alkyl halides is 3. The average Bonchev–Trinajstić information content (AvgIpc) is 3.39. The summed E-state index contributed by atoms with van der Waals surface area (Å²) < 4.78 is 42.0. The molecule has 34 heavy (non-hydrogen) atoms. The molecule has 0 radical (unpaired) electrons. The van der Waals surface area contributed by atoms with Gasteiger partial charge < -0.3 is 15.1 Å². The Bertz CT molecular complexity index is 1200. The van der Waals surface area contributed by atoms with Crippen molar-refractivity contribution in [3.63, 3.8) is 0 Å². The smallest absolute Gasteiger partial charge is 0.374 e. The van der Waals surface area contributed by atoms with E-state index in [0.29, 0.717) is 39.0 Å². The molecule has 2 N–H and O–H groups in total. The fourth-order valence-corrected chi connectivity index (χ4v) is 5.36. The molecule has 2 saturated heterocycles. The molecular weight excluding hydrogens is 494 g/mol. The van der Waals surface area contributed by atoms with Gasteiger partial charge in [0, 0.05) is 35.4 Å². The van der Waals surface area contributed by atoms with Crippen molar-refractivity contribution in [1.82, 2.24) is 25.1 Å². The summed E-state index contributed by atoms with van der Waals surface area (Å²) in [4.78, 5) is 24.7. The molecule has 4 heterocycles. The zero-order chi connectivity index (χ0) is 24.0. The summed E-state index contributed by atoms with van der Waals surface area (Å²) in [5.74, 6) is -1.51. The van der Waals surface area contributed by atoms with Crippen LogP contribution in [0.5, 0.6) is 0 Å². The molecule has 0 unspecified atom stereocenters. The van der Waals surface area contributed by atoms with Crippen molar-refractivity contribution >= 4 is 51.6 Å². The molecule has 2 fully saturated rings.